The molecule has 0 aliphatic carbocycles. The molecule has 1 atom stereocenters. The third kappa shape index (κ3) is 3.67. The van der Waals surface area contributed by atoms with E-state index in [1.807, 2.05) is 34.5 Å². The molecule has 0 spiro atoms. The van der Waals surface area contributed by atoms with Crippen LogP contribution >= 0.6 is 23.7 Å². The summed E-state index contributed by atoms with van der Waals surface area (Å²) in [5.41, 5.74) is 8.47. The number of carbonyl (C=O) groups is 1. The van der Waals surface area contributed by atoms with Crippen molar-refractivity contribution in [1.29, 1.82) is 0 Å². The van der Waals surface area contributed by atoms with E-state index < -0.39 is 0 Å². The molecular weight excluding hydrogens is 320 g/mol. The third-order valence-corrected chi connectivity index (χ3v) is 4.41. The zero-order valence-corrected chi connectivity index (χ0v) is 13.7. The molecule has 2 heterocycles. The molecule has 3 rings (SSSR count). The maximum atomic E-state index is 12.6. The second-order valence-electron chi connectivity index (χ2n) is 5.07. The highest BCUT2D eigenvalue weighted by Crippen LogP contribution is 2.25. The molecule has 118 valence electrons. The zero-order chi connectivity index (χ0) is 14.7. The number of rotatable bonds is 3. The molecule has 1 aromatic carbocycles. The second-order valence-corrected chi connectivity index (χ2v) is 5.85. The van der Waals surface area contributed by atoms with Crippen LogP contribution < -0.4 is 5.73 Å². The molecule has 1 amide bonds. The fourth-order valence-corrected chi connectivity index (χ4v) is 3.16. The standard InChI is InChI=1S/C16H18N2O2S.ClH/c17-9-12-1-3-13(4-2-12)16(19)18-6-7-20-15(10-18)14-5-8-21-11-14;/h1-5,8,11,15H,6-7,9-10,17H2;1H. The van der Waals surface area contributed by atoms with Gasteiger partial charge >= 0.3 is 0 Å². The Kier molecular flexibility index (Phi) is 5.97. The van der Waals surface area contributed by atoms with Crippen molar-refractivity contribution in [3.63, 3.8) is 0 Å². The van der Waals surface area contributed by atoms with E-state index in [-0.39, 0.29) is 24.4 Å². The van der Waals surface area contributed by atoms with Crippen LogP contribution in [0.2, 0.25) is 0 Å². The molecule has 4 nitrogen and oxygen atoms in total. The van der Waals surface area contributed by atoms with Gasteiger partial charge in [0.15, 0.2) is 0 Å². The van der Waals surface area contributed by atoms with E-state index in [1.54, 1.807) is 11.3 Å². The quantitative estimate of drug-likeness (QED) is 0.936. The first kappa shape index (κ1) is 17.0. The third-order valence-electron chi connectivity index (χ3n) is 3.71. The van der Waals surface area contributed by atoms with Crippen LogP contribution in [0.1, 0.15) is 27.6 Å². The normalized spacial score (nSPS) is 17.9. The van der Waals surface area contributed by atoms with Crippen LogP contribution in [0.4, 0.5) is 0 Å². The molecular formula is C16H19ClN2O2S. The SMILES string of the molecule is Cl.NCc1ccc(C(=O)N2CCOC(c3ccsc3)C2)cc1. The highest BCUT2D eigenvalue weighted by Gasteiger charge is 2.26. The zero-order valence-electron chi connectivity index (χ0n) is 12.1. The van der Waals surface area contributed by atoms with Crippen LogP contribution in [0.5, 0.6) is 0 Å². The summed E-state index contributed by atoms with van der Waals surface area (Å²) < 4.78 is 5.77. The molecule has 6 heteroatoms. The van der Waals surface area contributed by atoms with Gasteiger partial charge in [-0.15, -0.1) is 12.4 Å². The maximum Gasteiger partial charge on any atom is 0.254 e. The average molecular weight is 339 g/mol. The van der Waals surface area contributed by atoms with Crippen molar-refractivity contribution in [1.82, 2.24) is 4.90 Å². The molecule has 0 bridgehead atoms. The predicted octanol–water partition coefficient (Wildman–Crippen LogP) is 2.84. The number of ether oxygens (including phenoxy) is 1. The molecule has 1 aliphatic heterocycles. The summed E-state index contributed by atoms with van der Waals surface area (Å²) in [5, 5.41) is 4.11. The number of carbonyl (C=O) groups excluding carboxylic acids is 1. The summed E-state index contributed by atoms with van der Waals surface area (Å²) in [7, 11) is 0. The van der Waals surface area contributed by atoms with Crippen LogP contribution in [0, 0.1) is 0 Å². The monoisotopic (exact) mass is 338 g/mol. The fourth-order valence-electron chi connectivity index (χ4n) is 2.46. The van der Waals surface area contributed by atoms with Crippen LogP contribution in [-0.4, -0.2) is 30.5 Å². The highest BCUT2D eigenvalue weighted by molar-refractivity contribution is 7.07. The summed E-state index contributed by atoms with van der Waals surface area (Å²) in [6, 6.07) is 9.56. The van der Waals surface area contributed by atoms with Gasteiger partial charge in [0, 0.05) is 18.7 Å². The maximum absolute atomic E-state index is 12.6. The molecule has 1 unspecified atom stereocenters. The van der Waals surface area contributed by atoms with E-state index >= 15 is 0 Å². The topological polar surface area (TPSA) is 55.6 Å². The first-order valence-corrected chi connectivity index (χ1v) is 7.94. The number of nitrogens with zero attached hydrogens (tertiary/aromatic N) is 1. The molecule has 1 aromatic heterocycles. The van der Waals surface area contributed by atoms with Gasteiger partial charge in [0.05, 0.1) is 13.2 Å². The van der Waals surface area contributed by atoms with E-state index in [2.05, 4.69) is 11.4 Å². The largest absolute Gasteiger partial charge is 0.370 e. The van der Waals surface area contributed by atoms with E-state index in [1.165, 1.54) is 0 Å². The smallest absolute Gasteiger partial charge is 0.254 e. The van der Waals surface area contributed by atoms with E-state index in [9.17, 15) is 4.79 Å². The van der Waals surface area contributed by atoms with E-state index in [4.69, 9.17) is 10.5 Å². The minimum Gasteiger partial charge on any atom is -0.370 e. The second kappa shape index (κ2) is 7.74. The number of halogens is 1. The number of thiophene rings is 1. The van der Waals surface area contributed by atoms with Gasteiger partial charge in [0.1, 0.15) is 6.10 Å². The lowest BCUT2D eigenvalue weighted by atomic mass is 10.1. The minimum atomic E-state index is -0.0164. The van der Waals surface area contributed by atoms with Crippen molar-refractivity contribution in [2.24, 2.45) is 5.73 Å². The first-order chi connectivity index (χ1) is 10.3. The van der Waals surface area contributed by atoms with Crippen molar-refractivity contribution in [2.45, 2.75) is 12.6 Å². The summed E-state index contributed by atoms with van der Waals surface area (Å²) in [4.78, 5) is 14.4. The van der Waals surface area contributed by atoms with E-state index in [0.717, 1.165) is 11.1 Å². The molecule has 0 saturated carbocycles. The molecule has 0 radical (unpaired) electrons. The number of amides is 1. The van der Waals surface area contributed by atoms with Crippen LogP contribution in [0.3, 0.4) is 0 Å². The Labute approximate surface area is 140 Å². The fraction of sp³-hybridized carbons (Fsp3) is 0.312. The molecule has 1 fully saturated rings. The number of hydrogen-bond acceptors (Lipinski definition) is 4. The van der Waals surface area contributed by atoms with Gasteiger partial charge < -0.3 is 15.4 Å². The van der Waals surface area contributed by atoms with Crippen molar-refractivity contribution in [2.75, 3.05) is 19.7 Å². The Bertz CT molecular complexity index is 601. The Balaban J connectivity index is 0.00000176. The van der Waals surface area contributed by atoms with Crippen molar-refractivity contribution >= 4 is 29.7 Å². The molecule has 2 N–H and O–H groups in total. The number of hydrogen-bond donors (Lipinski definition) is 1. The van der Waals surface area contributed by atoms with Gasteiger partial charge in [-0.1, -0.05) is 12.1 Å². The number of benzene rings is 1. The van der Waals surface area contributed by atoms with Gasteiger partial charge in [-0.25, -0.2) is 0 Å². The van der Waals surface area contributed by atoms with Crippen LogP contribution in [-0.2, 0) is 11.3 Å². The summed E-state index contributed by atoms with van der Waals surface area (Å²) in [6.07, 6.45) is -0.0164. The van der Waals surface area contributed by atoms with Crippen LogP contribution in [0.15, 0.2) is 41.1 Å². The predicted molar refractivity (Wildman–Crippen MR) is 90.5 cm³/mol. The minimum absolute atomic E-state index is 0. The molecule has 2 aromatic rings. The van der Waals surface area contributed by atoms with Gasteiger partial charge in [-0.2, -0.15) is 11.3 Å². The molecule has 1 aliphatic rings. The Morgan fingerprint density at radius 3 is 2.73 bits per heavy atom. The van der Waals surface area contributed by atoms with Crippen molar-refractivity contribution in [3.8, 4) is 0 Å². The first-order valence-electron chi connectivity index (χ1n) is 7.00. The lowest BCUT2D eigenvalue weighted by Gasteiger charge is -2.32. The lowest BCUT2D eigenvalue weighted by molar-refractivity contribution is -0.0226. The number of morpholine rings is 1. The van der Waals surface area contributed by atoms with Crippen molar-refractivity contribution in [3.05, 3.63) is 57.8 Å². The van der Waals surface area contributed by atoms with Gasteiger partial charge in [0.2, 0.25) is 0 Å². The molecule has 22 heavy (non-hydrogen) atoms. The molecule has 1 saturated heterocycles. The van der Waals surface area contributed by atoms with E-state index in [0.29, 0.717) is 31.8 Å². The summed E-state index contributed by atoms with van der Waals surface area (Å²) >= 11 is 1.65. The van der Waals surface area contributed by atoms with Gasteiger partial charge in [-0.05, 0) is 40.1 Å². The Morgan fingerprint density at radius 2 is 2.09 bits per heavy atom. The Hall–Kier alpha value is -1.40. The van der Waals surface area contributed by atoms with Gasteiger partial charge in [0.25, 0.3) is 5.91 Å². The van der Waals surface area contributed by atoms with Crippen LogP contribution in [0.25, 0.3) is 0 Å². The van der Waals surface area contributed by atoms with Crippen molar-refractivity contribution < 1.29 is 9.53 Å². The van der Waals surface area contributed by atoms with Gasteiger partial charge in [-0.3, -0.25) is 4.79 Å². The Morgan fingerprint density at radius 1 is 1.32 bits per heavy atom. The summed E-state index contributed by atoms with van der Waals surface area (Å²) in [5.74, 6) is 0.0575. The lowest BCUT2D eigenvalue weighted by Crippen LogP contribution is -2.42. The number of nitrogens with two attached hydrogens (primary N) is 1. The summed E-state index contributed by atoms with van der Waals surface area (Å²) in [6.45, 7) is 2.31. The highest BCUT2D eigenvalue weighted by atomic mass is 35.5. The average Bonchev–Trinajstić information content (AvgIpc) is 3.09.